The number of fused-ring (bicyclic) bond motifs is 2. The number of methoxy groups -OCH3 is 1. The van der Waals surface area contributed by atoms with E-state index in [1.165, 1.54) is 12.8 Å². The van der Waals surface area contributed by atoms with Crippen LogP contribution >= 0.6 is 0 Å². The first-order valence-corrected chi connectivity index (χ1v) is 14.3. The van der Waals surface area contributed by atoms with Crippen LogP contribution in [0.5, 0.6) is 5.75 Å². The van der Waals surface area contributed by atoms with E-state index in [-0.39, 0.29) is 17.9 Å². The number of nitrogens with one attached hydrogen (secondary N) is 1. The van der Waals surface area contributed by atoms with Gasteiger partial charge in [-0.2, -0.15) is 4.98 Å². The molecular formula is C29H41N7O3. The van der Waals surface area contributed by atoms with Gasteiger partial charge in [0.2, 0.25) is 17.8 Å². The summed E-state index contributed by atoms with van der Waals surface area (Å²) < 4.78 is 5.73. The number of nitrogens with zero attached hydrogens (tertiary/aromatic N) is 6. The first-order valence-electron chi connectivity index (χ1n) is 14.3. The number of hydrogen-bond donors (Lipinski definition) is 1. The maximum atomic E-state index is 13.2. The van der Waals surface area contributed by atoms with Gasteiger partial charge in [-0.15, -0.1) is 0 Å². The zero-order valence-corrected chi connectivity index (χ0v) is 23.9. The summed E-state index contributed by atoms with van der Waals surface area (Å²) in [4.78, 5) is 43.9. The van der Waals surface area contributed by atoms with Gasteiger partial charge in [-0.05, 0) is 56.5 Å². The fourth-order valence-corrected chi connectivity index (χ4v) is 6.23. The Morgan fingerprint density at radius 2 is 1.90 bits per heavy atom. The van der Waals surface area contributed by atoms with Crippen molar-refractivity contribution in [1.29, 1.82) is 0 Å². The minimum atomic E-state index is -0.228. The van der Waals surface area contributed by atoms with Gasteiger partial charge in [0.15, 0.2) is 5.82 Å². The Kier molecular flexibility index (Phi) is 7.93. The van der Waals surface area contributed by atoms with Gasteiger partial charge in [0, 0.05) is 25.3 Å². The zero-order chi connectivity index (χ0) is 27.7. The molecule has 2 amide bonds. The van der Waals surface area contributed by atoms with Crippen LogP contribution in [0.3, 0.4) is 0 Å². The summed E-state index contributed by atoms with van der Waals surface area (Å²) in [5.41, 5.74) is 3.43. The highest BCUT2D eigenvalue weighted by Gasteiger charge is 2.41. The molecule has 0 radical (unpaired) electrons. The van der Waals surface area contributed by atoms with Crippen molar-refractivity contribution in [3.63, 3.8) is 0 Å². The number of benzene rings is 1. The van der Waals surface area contributed by atoms with Crippen molar-refractivity contribution in [1.82, 2.24) is 14.9 Å². The van der Waals surface area contributed by atoms with E-state index in [2.05, 4.69) is 40.9 Å². The SMILES string of the molecule is CC[C@@H]1C(=O)N(C)c2cnc(Nc3cc4c(cc3OC)CCN4C(=O)CN(CC)CC)nc2N1C1CCCC1. The van der Waals surface area contributed by atoms with E-state index in [9.17, 15) is 9.59 Å². The van der Waals surface area contributed by atoms with Crippen LogP contribution in [-0.4, -0.2) is 79.1 Å². The van der Waals surface area contributed by atoms with Gasteiger partial charge in [0.05, 0.1) is 25.5 Å². The summed E-state index contributed by atoms with van der Waals surface area (Å²) >= 11 is 0. The number of carbonyl (C=O) groups excluding carboxylic acids is 2. The molecule has 10 heteroatoms. The lowest BCUT2D eigenvalue weighted by atomic mass is 10.0. The second kappa shape index (κ2) is 11.4. The third-order valence-electron chi connectivity index (χ3n) is 8.51. The van der Waals surface area contributed by atoms with Crippen LogP contribution in [0.2, 0.25) is 0 Å². The van der Waals surface area contributed by atoms with Crippen molar-refractivity contribution >= 4 is 40.6 Å². The predicted octanol–water partition coefficient (Wildman–Crippen LogP) is 3.96. The van der Waals surface area contributed by atoms with E-state index < -0.39 is 0 Å². The van der Waals surface area contributed by atoms with E-state index >= 15 is 0 Å². The number of hydrogen-bond acceptors (Lipinski definition) is 8. The molecule has 2 aliphatic heterocycles. The fraction of sp³-hybridized carbons (Fsp3) is 0.586. The Morgan fingerprint density at radius 1 is 1.15 bits per heavy atom. The van der Waals surface area contributed by atoms with Gasteiger partial charge in [-0.1, -0.05) is 33.6 Å². The highest BCUT2D eigenvalue weighted by atomic mass is 16.5. The molecular weight excluding hydrogens is 494 g/mol. The number of amides is 2. The van der Waals surface area contributed by atoms with Gasteiger partial charge in [-0.25, -0.2) is 4.98 Å². The van der Waals surface area contributed by atoms with Crippen LogP contribution in [0.1, 0.15) is 58.4 Å². The number of anilines is 5. The molecule has 1 atom stereocenters. The second-order valence-electron chi connectivity index (χ2n) is 10.6. The van der Waals surface area contributed by atoms with E-state index in [1.54, 1.807) is 25.3 Å². The minimum absolute atomic E-state index is 0.0935. The molecule has 1 saturated carbocycles. The topological polar surface area (TPSA) is 94.1 Å². The van der Waals surface area contributed by atoms with E-state index in [4.69, 9.17) is 9.72 Å². The van der Waals surface area contributed by atoms with Crippen molar-refractivity contribution < 1.29 is 14.3 Å². The largest absolute Gasteiger partial charge is 0.495 e. The molecule has 2 aromatic rings. The number of rotatable bonds is 9. The van der Waals surface area contributed by atoms with Crippen molar-refractivity contribution in [2.75, 3.05) is 60.4 Å². The molecule has 1 aliphatic carbocycles. The Labute approximate surface area is 231 Å². The maximum absolute atomic E-state index is 13.2. The van der Waals surface area contributed by atoms with Crippen LogP contribution < -0.4 is 24.8 Å². The Balaban J connectivity index is 1.47. The lowest BCUT2D eigenvalue weighted by molar-refractivity contribution is -0.120. The molecule has 0 saturated heterocycles. The number of likely N-dealkylation sites (N-methyl/N-ethyl adjacent to an activating group) is 2. The number of ether oxygens (including phenoxy) is 1. The maximum Gasteiger partial charge on any atom is 0.249 e. The van der Waals surface area contributed by atoms with Crippen LogP contribution in [0.25, 0.3) is 0 Å². The third-order valence-corrected chi connectivity index (χ3v) is 8.51. The van der Waals surface area contributed by atoms with E-state index in [0.717, 1.165) is 61.5 Å². The number of aromatic nitrogens is 2. The average molecular weight is 536 g/mol. The second-order valence-corrected chi connectivity index (χ2v) is 10.6. The molecule has 1 aromatic carbocycles. The Morgan fingerprint density at radius 3 is 2.56 bits per heavy atom. The Bertz CT molecular complexity index is 1230. The van der Waals surface area contributed by atoms with Crippen LogP contribution in [0, 0.1) is 0 Å². The standard InChI is InChI=1S/C29H41N7O3/c1-6-22-28(38)33(4)24-17-30-29(32-27(24)36(22)20-11-9-10-12-20)31-21-16-23-19(15-25(21)39-5)13-14-35(23)26(37)18-34(7-2)8-3/h15-17,20,22H,6-14,18H2,1-5H3,(H,30,31,32)/t22-/m1/s1. The first kappa shape index (κ1) is 27.2. The molecule has 210 valence electrons. The molecule has 3 heterocycles. The van der Waals surface area contributed by atoms with E-state index in [0.29, 0.717) is 36.5 Å². The summed E-state index contributed by atoms with van der Waals surface area (Å²) in [7, 11) is 3.45. The lowest BCUT2D eigenvalue weighted by Crippen LogP contribution is -2.55. The van der Waals surface area contributed by atoms with Crippen molar-refractivity contribution in [2.24, 2.45) is 0 Å². The lowest BCUT2D eigenvalue weighted by Gasteiger charge is -2.43. The van der Waals surface area contributed by atoms with Crippen molar-refractivity contribution in [2.45, 2.75) is 71.4 Å². The zero-order valence-electron chi connectivity index (χ0n) is 23.9. The van der Waals surface area contributed by atoms with Gasteiger partial charge in [0.25, 0.3) is 0 Å². The van der Waals surface area contributed by atoms with E-state index in [1.807, 2.05) is 17.0 Å². The normalized spacial score (nSPS) is 19.1. The molecule has 39 heavy (non-hydrogen) atoms. The molecule has 0 bridgehead atoms. The third kappa shape index (κ3) is 5.02. The highest BCUT2D eigenvalue weighted by Crippen LogP contribution is 2.42. The summed E-state index contributed by atoms with van der Waals surface area (Å²) in [6.07, 6.45) is 7.72. The molecule has 3 aliphatic rings. The van der Waals surface area contributed by atoms with Gasteiger partial charge < -0.3 is 24.8 Å². The molecule has 1 fully saturated rings. The summed E-state index contributed by atoms with van der Waals surface area (Å²) in [5.74, 6) is 2.11. The summed E-state index contributed by atoms with van der Waals surface area (Å²) in [5, 5.41) is 3.37. The van der Waals surface area contributed by atoms with Crippen molar-refractivity contribution in [3.8, 4) is 5.75 Å². The molecule has 10 nitrogen and oxygen atoms in total. The smallest absolute Gasteiger partial charge is 0.249 e. The predicted molar refractivity (Wildman–Crippen MR) is 154 cm³/mol. The Hall–Kier alpha value is -3.40. The first-order chi connectivity index (χ1) is 18.9. The summed E-state index contributed by atoms with van der Waals surface area (Å²) in [6.45, 7) is 8.95. The number of carbonyl (C=O) groups is 2. The van der Waals surface area contributed by atoms with Gasteiger partial charge in [-0.3, -0.25) is 14.5 Å². The molecule has 1 aromatic heterocycles. The highest BCUT2D eigenvalue weighted by molar-refractivity contribution is 6.04. The monoisotopic (exact) mass is 535 g/mol. The van der Waals surface area contributed by atoms with Crippen LogP contribution in [0.15, 0.2) is 18.3 Å². The molecule has 0 spiro atoms. The quantitative estimate of drug-likeness (QED) is 0.516. The molecule has 1 N–H and O–H groups in total. The average Bonchev–Trinajstić information content (AvgIpc) is 3.63. The van der Waals surface area contributed by atoms with Crippen molar-refractivity contribution in [3.05, 3.63) is 23.9 Å². The summed E-state index contributed by atoms with van der Waals surface area (Å²) in [6, 6.07) is 4.05. The van der Waals surface area contributed by atoms with Crippen LogP contribution in [-0.2, 0) is 16.0 Å². The minimum Gasteiger partial charge on any atom is -0.495 e. The fourth-order valence-electron chi connectivity index (χ4n) is 6.23. The van der Waals surface area contributed by atoms with Gasteiger partial charge in [0.1, 0.15) is 17.5 Å². The van der Waals surface area contributed by atoms with Crippen LogP contribution in [0.4, 0.5) is 28.8 Å². The van der Waals surface area contributed by atoms with Gasteiger partial charge >= 0.3 is 0 Å². The molecule has 5 rings (SSSR count). The molecule has 0 unspecified atom stereocenters.